The van der Waals surface area contributed by atoms with Crippen molar-refractivity contribution in [3.63, 3.8) is 0 Å². The van der Waals surface area contributed by atoms with E-state index in [1.54, 1.807) is 0 Å². The molecular weight excluding hydrogens is 287 g/mol. The lowest BCUT2D eigenvalue weighted by atomic mass is 10.2. The Kier molecular flexibility index (Phi) is 6.90. The molecule has 0 amide bonds. The second kappa shape index (κ2) is 7.97. The highest BCUT2D eigenvalue weighted by Gasteiger charge is 1.99. The number of benzene rings is 1. The summed E-state index contributed by atoms with van der Waals surface area (Å²) in [7, 11) is 0. The van der Waals surface area contributed by atoms with E-state index < -0.39 is 0 Å². The molecule has 0 unspecified atom stereocenters. The fourth-order valence-corrected chi connectivity index (χ4v) is 2.17. The maximum atomic E-state index is 5.72. The Balaban J connectivity index is 2.21. The second-order valence-corrected chi connectivity index (χ2v) is 5.16. The molecule has 1 aromatic rings. The lowest BCUT2D eigenvalue weighted by molar-refractivity contribution is 0.303. The van der Waals surface area contributed by atoms with Crippen LogP contribution in [0, 0.1) is 6.92 Å². The average molecular weight is 306 g/mol. The minimum Gasteiger partial charge on any atom is -0.493 e. The topological polar surface area (TPSA) is 9.23 Å². The highest BCUT2D eigenvalue weighted by atomic mass is 79.9. The van der Waals surface area contributed by atoms with Gasteiger partial charge >= 0.3 is 0 Å². The average Bonchev–Trinajstić information content (AvgIpc) is 2.26. The summed E-state index contributed by atoms with van der Waals surface area (Å²) in [5.74, 6) is 1.76. The molecule has 0 N–H and O–H groups in total. The van der Waals surface area contributed by atoms with Crippen LogP contribution < -0.4 is 4.74 Å². The molecule has 1 aromatic carbocycles. The van der Waals surface area contributed by atoms with Crippen LogP contribution in [0.2, 0.25) is 0 Å². The van der Waals surface area contributed by atoms with Crippen LogP contribution in [0.1, 0.15) is 31.2 Å². The number of halogens is 2. The van der Waals surface area contributed by atoms with Gasteiger partial charge in [-0.1, -0.05) is 28.8 Å². The molecule has 16 heavy (non-hydrogen) atoms. The van der Waals surface area contributed by atoms with Gasteiger partial charge in [0.25, 0.3) is 0 Å². The molecule has 0 aromatic heterocycles. The summed E-state index contributed by atoms with van der Waals surface area (Å²) in [4.78, 5) is 0. The fraction of sp³-hybridized carbons (Fsp3) is 0.538. The number of hydrogen-bond acceptors (Lipinski definition) is 1. The third-order valence-corrected chi connectivity index (χ3v) is 3.18. The third kappa shape index (κ3) is 5.22. The van der Waals surface area contributed by atoms with Crippen molar-refractivity contribution >= 4 is 27.5 Å². The molecule has 0 fully saturated rings. The van der Waals surface area contributed by atoms with E-state index >= 15 is 0 Å². The van der Waals surface area contributed by atoms with E-state index in [-0.39, 0.29) is 0 Å². The predicted octanol–water partition coefficient (Wildman–Crippen LogP) is 4.94. The monoisotopic (exact) mass is 304 g/mol. The molecule has 1 rings (SSSR count). The SMILES string of the molecule is Cc1cc(Br)ccc1OCCCCCCCl. The van der Waals surface area contributed by atoms with E-state index in [4.69, 9.17) is 16.3 Å². The Morgan fingerprint density at radius 3 is 2.62 bits per heavy atom. The molecule has 0 saturated carbocycles. The number of rotatable bonds is 7. The van der Waals surface area contributed by atoms with Crippen LogP contribution in [0.25, 0.3) is 0 Å². The molecule has 0 aliphatic carbocycles. The van der Waals surface area contributed by atoms with E-state index in [2.05, 4.69) is 28.9 Å². The van der Waals surface area contributed by atoms with E-state index in [0.29, 0.717) is 0 Å². The minimum atomic E-state index is 0.771. The molecule has 0 aliphatic heterocycles. The van der Waals surface area contributed by atoms with Gasteiger partial charge in [0.15, 0.2) is 0 Å². The maximum absolute atomic E-state index is 5.72. The zero-order chi connectivity index (χ0) is 11.8. The highest BCUT2D eigenvalue weighted by Crippen LogP contribution is 2.22. The molecule has 0 atom stereocenters. The zero-order valence-electron chi connectivity index (χ0n) is 9.64. The van der Waals surface area contributed by atoms with Crippen LogP contribution in [0.4, 0.5) is 0 Å². The summed E-state index contributed by atoms with van der Waals surface area (Å²) in [6, 6.07) is 6.09. The Labute approximate surface area is 111 Å². The summed E-state index contributed by atoms with van der Waals surface area (Å²) in [5.41, 5.74) is 1.18. The second-order valence-electron chi connectivity index (χ2n) is 3.86. The lowest BCUT2D eigenvalue weighted by Crippen LogP contribution is -1.98. The quantitative estimate of drug-likeness (QED) is 0.512. The number of hydrogen-bond donors (Lipinski definition) is 0. The molecule has 0 saturated heterocycles. The molecular formula is C13H18BrClO. The smallest absolute Gasteiger partial charge is 0.122 e. The van der Waals surface area contributed by atoms with E-state index in [9.17, 15) is 0 Å². The molecule has 90 valence electrons. The number of ether oxygens (including phenoxy) is 1. The predicted molar refractivity (Wildman–Crippen MR) is 73.6 cm³/mol. The Morgan fingerprint density at radius 1 is 1.19 bits per heavy atom. The molecule has 0 bridgehead atoms. The molecule has 1 nitrogen and oxygen atoms in total. The van der Waals surface area contributed by atoms with Gasteiger partial charge in [-0.3, -0.25) is 0 Å². The highest BCUT2D eigenvalue weighted by molar-refractivity contribution is 9.10. The summed E-state index contributed by atoms with van der Waals surface area (Å²) >= 11 is 9.05. The number of unbranched alkanes of at least 4 members (excludes halogenated alkanes) is 3. The summed E-state index contributed by atoms with van der Waals surface area (Å²) in [5, 5.41) is 0. The van der Waals surface area contributed by atoms with Crippen molar-refractivity contribution < 1.29 is 4.74 Å². The first-order valence-corrected chi connectivity index (χ1v) is 7.01. The molecule has 0 heterocycles. The van der Waals surface area contributed by atoms with Crippen molar-refractivity contribution in [2.45, 2.75) is 32.6 Å². The fourth-order valence-electron chi connectivity index (χ4n) is 1.51. The van der Waals surface area contributed by atoms with Gasteiger partial charge in [0.05, 0.1) is 6.61 Å². The summed E-state index contributed by atoms with van der Waals surface area (Å²) in [6.45, 7) is 2.86. The lowest BCUT2D eigenvalue weighted by Gasteiger charge is -2.09. The van der Waals surface area contributed by atoms with Crippen LogP contribution in [-0.4, -0.2) is 12.5 Å². The van der Waals surface area contributed by atoms with Gasteiger partial charge in [-0.05, 0) is 43.5 Å². The Hall–Kier alpha value is -0.210. The Bertz CT molecular complexity index is 315. The van der Waals surface area contributed by atoms with Crippen molar-refractivity contribution in [2.24, 2.45) is 0 Å². The van der Waals surface area contributed by atoms with Crippen LogP contribution in [0.3, 0.4) is 0 Å². The molecule has 0 spiro atoms. The van der Waals surface area contributed by atoms with E-state index in [1.807, 2.05) is 12.1 Å². The molecule has 0 radical (unpaired) electrons. The van der Waals surface area contributed by atoms with Crippen LogP contribution in [-0.2, 0) is 0 Å². The maximum Gasteiger partial charge on any atom is 0.122 e. The van der Waals surface area contributed by atoms with E-state index in [1.165, 1.54) is 18.4 Å². The van der Waals surface area contributed by atoms with Gasteiger partial charge in [-0.15, -0.1) is 11.6 Å². The standard InChI is InChI=1S/C13H18BrClO/c1-11-10-12(14)6-7-13(11)16-9-5-3-2-4-8-15/h6-7,10H,2-5,8-9H2,1H3. The van der Waals surface area contributed by atoms with Crippen LogP contribution in [0.15, 0.2) is 22.7 Å². The van der Waals surface area contributed by atoms with Gasteiger partial charge < -0.3 is 4.74 Å². The van der Waals surface area contributed by atoms with Crippen molar-refractivity contribution in [3.05, 3.63) is 28.2 Å². The number of alkyl halides is 1. The first-order valence-electron chi connectivity index (χ1n) is 5.69. The minimum absolute atomic E-state index is 0.771. The van der Waals surface area contributed by atoms with Crippen molar-refractivity contribution in [2.75, 3.05) is 12.5 Å². The molecule has 3 heteroatoms. The normalized spacial score (nSPS) is 10.4. The summed E-state index contributed by atoms with van der Waals surface area (Å²) < 4.78 is 6.81. The third-order valence-electron chi connectivity index (χ3n) is 2.42. The Morgan fingerprint density at radius 2 is 1.94 bits per heavy atom. The van der Waals surface area contributed by atoms with Crippen LogP contribution >= 0.6 is 27.5 Å². The van der Waals surface area contributed by atoms with Gasteiger partial charge in [0.2, 0.25) is 0 Å². The van der Waals surface area contributed by atoms with Gasteiger partial charge in [0.1, 0.15) is 5.75 Å². The van der Waals surface area contributed by atoms with Gasteiger partial charge in [-0.25, -0.2) is 0 Å². The van der Waals surface area contributed by atoms with E-state index in [0.717, 1.165) is 35.6 Å². The summed E-state index contributed by atoms with van der Waals surface area (Å²) in [6.07, 6.45) is 4.61. The van der Waals surface area contributed by atoms with Crippen LogP contribution in [0.5, 0.6) is 5.75 Å². The zero-order valence-corrected chi connectivity index (χ0v) is 12.0. The van der Waals surface area contributed by atoms with Crippen molar-refractivity contribution in [1.29, 1.82) is 0 Å². The van der Waals surface area contributed by atoms with Gasteiger partial charge in [0, 0.05) is 10.4 Å². The first-order chi connectivity index (χ1) is 7.74. The van der Waals surface area contributed by atoms with Crippen molar-refractivity contribution in [1.82, 2.24) is 0 Å². The van der Waals surface area contributed by atoms with Crippen molar-refractivity contribution in [3.8, 4) is 5.75 Å². The largest absolute Gasteiger partial charge is 0.493 e. The number of aryl methyl sites for hydroxylation is 1. The van der Waals surface area contributed by atoms with Gasteiger partial charge in [-0.2, -0.15) is 0 Å². The molecule has 0 aliphatic rings. The first kappa shape index (κ1) is 13.9.